The van der Waals surface area contributed by atoms with E-state index in [1.54, 1.807) is 0 Å². The summed E-state index contributed by atoms with van der Waals surface area (Å²) in [6.07, 6.45) is 5.93. The van der Waals surface area contributed by atoms with Crippen molar-refractivity contribution in [2.45, 2.75) is 32.1 Å². The topological polar surface area (TPSA) is 41.1 Å². The van der Waals surface area contributed by atoms with Gasteiger partial charge in [-0.1, -0.05) is 18.0 Å². The molecule has 0 unspecified atom stereocenters. The summed E-state index contributed by atoms with van der Waals surface area (Å²) in [6.45, 7) is 4.08. The number of nitrogens with one attached hydrogen (secondary N) is 1. The van der Waals surface area contributed by atoms with Gasteiger partial charge < -0.3 is 10.2 Å². The van der Waals surface area contributed by atoms with Gasteiger partial charge in [0.1, 0.15) is 5.82 Å². The molecule has 0 atom stereocenters. The number of anilines is 1. The molecule has 4 nitrogen and oxygen atoms in total. The summed E-state index contributed by atoms with van der Waals surface area (Å²) in [7, 11) is 0. The average molecular weight is 343 g/mol. The number of benzene rings is 1. The molecule has 2 aliphatic rings. The highest BCUT2D eigenvalue weighted by Gasteiger charge is 2.22. The average Bonchev–Trinajstić information content (AvgIpc) is 2.87. The summed E-state index contributed by atoms with van der Waals surface area (Å²) in [4.78, 5) is 12.4. The molecule has 1 aliphatic carbocycles. The van der Waals surface area contributed by atoms with Crippen molar-refractivity contribution in [1.29, 1.82) is 0 Å². The van der Waals surface area contributed by atoms with E-state index in [0.717, 1.165) is 61.2 Å². The Bertz CT molecular complexity index is 708. The van der Waals surface area contributed by atoms with E-state index in [-0.39, 0.29) is 0 Å². The maximum Gasteiger partial charge on any atom is 0.161 e. The fraction of sp³-hybridized carbons (Fsp3) is 0.474. The molecular formula is C19H23ClN4. The zero-order valence-electron chi connectivity index (χ0n) is 13.9. The van der Waals surface area contributed by atoms with E-state index >= 15 is 0 Å². The minimum atomic E-state index is 0.746. The number of nitrogens with zero attached hydrogens (tertiary/aromatic N) is 3. The normalized spacial score (nSPS) is 18.1. The largest absolute Gasteiger partial charge is 0.354 e. The van der Waals surface area contributed by atoms with Crippen molar-refractivity contribution in [2.24, 2.45) is 0 Å². The molecule has 126 valence electrons. The number of halogens is 1. The first-order valence-electron chi connectivity index (χ1n) is 8.93. The lowest BCUT2D eigenvalue weighted by atomic mass is 10.1. The molecule has 4 rings (SSSR count). The second kappa shape index (κ2) is 7.08. The van der Waals surface area contributed by atoms with Gasteiger partial charge in [0.15, 0.2) is 5.82 Å². The molecule has 2 heterocycles. The van der Waals surface area contributed by atoms with Gasteiger partial charge in [-0.2, -0.15) is 0 Å². The smallest absolute Gasteiger partial charge is 0.161 e. The van der Waals surface area contributed by atoms with Gasteiger partial charge >= 0.3 is 0 Å². The predicted molar refractivity (Wildman–Crippen MR) is 98.8 cm³/mol. The minimum absolute atomic E-state index is 0.746. The van der Waals surface area contributed by atoms with Crippen LogP contribution in [0.5, 0.6) is 0 Å². The van der Waals surface area contributed by atoms with E-state index in [4.69, 9.17) is 21.6 Å². The Morgan fingerprint density at radius 1 is 0.917 bits per heavy atom. The standard InChI is InChI=1S/C19H23ClN4/c20-15-8-6-14(7-9-15)18-22-17-5-3-1-2-4-16(17)19(23-18)24-12-10-21-11-13-24/h6-9,21H,1-5,10-13H2. The number of piperazine rings is 1. The number of aromatic nitrogens is 2. The third-order valence-corrected chi connectivity index (χ3v) is 5.18. The van der Waals surface area contributed by atoms with Crippen LogP contribution >= 0.6 is 11.6 Å². The summed E-state index contributed by atoms with van der Waals surface area (Å²) in [6, 6.07) is 7.86. The minimum Gasteiger partial charge on any atom is -0.354 e. The van der Waals surface area contributed by atoms with Crippen molar-refractivity contribution >= 4 is 17.4 Å². The molecule has 0 saturated carbocycles. The predicted octanol–water partition coefficient (Wildman–Crippen LogP) is 3.48. The van der Waals surface area contributed by atoms with Gasteiger partial charge in [0.2, 0.25) is 0 Å². The van der Waals surface area contributed by atoms with Crippen LogP contribution in [0.15, 0.2) is 24.3 Å². The van der Waals surface area contributed by atoms with E-state index in [1.165, 1.54) is 30.5 Å². The lowest BCUT2D eigenvalue weighted by Gasteiger charge is -2.31. The Morgan fingerprint density at radius 3 is 2.46 bits per heavy atom. The van der Waals surface area contributed by atoms with Crippen LogP contribution in [0.4, 0.5) is 5.82 Å². The summed E-state index contributed by atoms with van der Waals surface area (Å²) in [5.74, 6) is 1.99. The van der Waals surface area contributed by atoms with Crippen molar-refractivity contribution in [3.05, 3.63) is 40.5 Å². The Balaban J connectivity index is 1.80. The summed E-state index contributed by atoms with van der Waals surface area (Å²) < 4.78 is 0. The van der Waals surface area contributed by atoms with Crippen LogP contribution in [0.2, 0.25) is 5.02 Å². The highest BCUT2D eigenvalue weighted by molar-refractivity contribution is 6.30. The molecule has 1 fully saturated rings. The third-order valence-electron chi connectivity index (χ3n) is 4.93. The molecule has 0 bridgehead atoms. The van der Waals surface area contributed by atoms with Gasteiger partial charge in [-0.25, -0.2) is 9.97 Å². The first kappa shape index (κ1) is 15.9. The molecule has 0 radical (unpaired) electrons. The SMILES string of the molecule is Clc1ccc(-c2nc3c(c(N4CCNCC4)n2)CCCCC3)cc1. The molecule has 2 aromatic rings. The summed E-state index contributed by atoms with van der Waals surface area (Å²) in [5, 5.41) is 4.18. The van der Waals surface area contributed by atoms with Crippen molar-refractivity contribution in [1.82, 2.24) is 15.3 Å². The monoisotopic (exact) mass is 342 g/mol. The fourth-order valence-electron chi connectivity index (χ4n) is 3.62. The van der Waals surface area contributed by atoms with Crippen molar-refractivity contribution in [2.75, 3.05) is 31.1 Å². The van der Waals surface area contributed by atoms with Crippen LogP contribution in [-0.2, 0) is 12.8 Å². The highest BCUT2D eigenvalue weighted by atomic mass is 35.5. The van der Waals surface area contributed by atoms with Gasteiger partial charge in [-0.3, -0.25) is 0 Å². The second-order valence-corrected chi connectivity index (χ2v) is 7.04. The Kier molecular flexibility index (Phi) is 4.67. The van der Waals surface area contributed by atoms with E-state index in [2.05, 4.69) is 10.2 Å². The maximum atomic E-state index is 6.03. The van der Waals surface area contributed by atoms with Gasteiger partial charge in [-0.05, 0) is 49.9 Å². The lowest BCUT2D eigenvalue weighted by Crippen LogP contribution is -2.44. The molecule has 1 aliphatic heterocycles. The Hall–Kier alpha value is -1.65. The molecular weight excluding hydrogens is 320 g/mol. The van der Waals surface area contributed by atoms with Gasteiger partial charge in [0.05, 0.1) is 0 Å². The van der Waals surface area contributed by atoms with E-state index < -0.39 is 0 Å². The molecule has 1 N–H and O–H groups in total. The van der Waals surface area contributed by atoms with Crippen LogP contribution in [0.3, 0.4) is 0 Å². The third kappa shape index (κ3) is 3.26. The number of aryl methyl sites for hydroxylation is 1. The van der Waals surface area contributed by atoms with Crippen LogP contribution in [-0.4, -0.2) is 36.1 Å². The summed E-state index contributed by atoms with van der Waals surface area (Å²) in [5.41, 5.74) is 3.68. The van der Waals surface area contributed by atoms with Crippen molar-refractivity contribution in [3.63, 3.8) is 0 Å². The second-order valence-electron chi connectivity index (χ2n) is 6.60. The van der Waals surface area contributed by atoms with Gasteiger partial charge in [-0.15, -0.1) is 0 Å². The number of hydrogen-bond acceptors (Lipinski definition) is 4. The van der Waals surface area contributed by atoms with Crippen molar-refractivity contribution in [3.8, 4) is 11.4 Å². The van der Waals surface area contributed by atoms with Crippen molar-refractivity contribution < 1.29 is 0 Å². The van der Waals surface area contributed by atoms with Crippen LogP contribution in [0.1, 0.15) is 30.5 Å². The first-order valence-corrected chi connectivity index (χ1v) is 9.30. The Labute approximate surface area is 148 Å². The molecule has 0 amide bonds. The zero-order chi connectivity index (χ0) is 16.4. The van der Waals surface area contributed by atoms with E-state index in [9.17, 15) is 0 Å². The van der Waals surface area contributed by atoms with E-state index in [0.29, 0.717) is 0 Å². The number of rotatable bonds is 2. The Morgan fingerprint density at radius 2 is 1.67 bits per heavy atom. The van der Waals surface area contributed by atoms with Crippen LogP contribution in [0, 0.1) is 0 Å². The molecule has 0 spiro atoms. The first-order chi connectivity index (χ1) is 11.8. The molecule has 24 heavy (non-hydrogen) atoms. The van der Waals surface area contributed by atoms with Crippen LogP contribution in [0.25, 0.3) is 11.4 Å². The van der Waals surface area contributed by atoms with Gasteiger partial charge in [0, 0.05) is 48.0 Å². The molecule has 1 aromatic heterocycles. The maximum absolute atomic E-state index is 6.03. The molecule has 1 aromatic carbocycles. The highest BCUT2D eigenvalue weighted by Crippen LogP contribution is 2.30. The van der Waals surface area contributed by atoms with E-state index in [1.807, 2.05) is 24.3 Å². The van der Waals surface area contributed by atoms with Crippen LogP contribution < -0.4 is 10.2 Å². The fourth-order valence-corrected chi connectivity index (χ4v) is 3.74. The zero-order valence-corrected chi connectivity index (χ0v) is 14.6. The molecule has 5 heteroatoms. The summed E-state index contributed by atoms with van der Waals surface area (Å²) >= 11 is 6.03. The molecule has 1 saturated heterocycles. The quantitative estimate of drug-likeness (QED) is 0.848. The lowest BCUT2D eigenvalue weighted by molar-refractivity contribution is 0.582. The number of fused-ring (bicyclic) bond motifs is 1. The van der Waals surface area contributed by atoms with Gasteiger partial charge in [0.25, 0.3) is 0 Å². The number of hydrogen-bond donors (Lipinski definition) is 1.